The number of hydrogen-bond donors (Lipinski definition) is 1. The van der Waals surface area contributed by atoms with Crippen molar-refractivity contribution in [2.75, 3.05) is 12.0 Å². The van der Waals surface area contributed by atoms with Gasteiger partial charge in [-0.1, -0.05) is 42.3 Å². The Balaban J connectivity index is 2.18. The Morgan fingerprint density at radius 1 is 1.18 bits per heavy atom. The van der Waals surface area contributed by atoms with Crippen LogP contribution in [0.4, 0.5) is 11.4 Å². The number of aromatic carboxylic acids is 1. The molecule has 0 saturated heterocycles. The summed E-state index contributed by atoms with van der Waals surface area (Å²) in [5.41, 5.74) is 2.58. The van der Waals surface area contributed by atoms with Crippen LogP contribution in [0.15, 0.2) is 48.6 Å². The maximum absolute atomic E-state index is 11.6. The molecule has 146 valence electrons. The van der Waals surface area contributed by atoms with Crippen molar-refractivity contribution in [2.24, 2.45) is 0 Å². The van der Waals surface area contributed by atoms with Crippen LogP contribution in [-0.2, 0) is 9.53 Å². The fraction of sp³-hybridized carbons (Fsp3) is 0.238. The Labute approximate surface area is 173 Å². The van der Waals surface area contributed by atoms with E-state index in [2.05, 4.69) is 0 Å². The number of fused-ring (bicyclic) bond motifs is 1. The average Bonchev–Trinajstić information content (AvgIpc) is 2.98. The van der Waals surface area contributed by atoms with E-state index in [1.807, 2.05) is 17.9 Å². The van der Waals surface area contributed by atoms with E-state index >= 15 is 0 Å². The smallest absolute Gasteiger partial charge is 0.335 e. The van der Waals surface area contributed by atoms with Gasteiger partial charge in [-0.3, -0.25) is 0 Å². The van der Waals surface area contributed by atoms with Gasteiger partial charge in [0.05, 0.1) is 23.4 Å². The first-order chi connectivity index (χ1) is 13.4. The van der Waals surface area contributed by atoms with E-state index in [-0.39, 0.29) is 17.5 Å². The second kappa shape index (κ2) is 8.25. The van der Waals surface area contributed by atoms with Gasteiger partial charge in [-0.15, -0.1) is 0 Å². The first kappa shape index (κ1) is 20.2. The molecule has 5 nitrogen and oxygen atoms in total. The van der Waals surface area contributed by atoms with Crippen molar-refractivity contribution in [3.63, 3.8) is 0 Å². The summed E-state index contributed by atoms with van der Waals surface area (Å²) >= 11 is 12.5. The van der Waals surface area contributed by atoms with Crippen LogP contribution < -0.4 is 4.90 Å². The Morgan fingerprint density at radius 2 is 1.93 bits per heavy atom. The highest BCUT2D eigenvalue weighted by molar-refractivity contribution is 6.36. The number of ether oxygens (including phenoxy) is 1. The monoisotopic (exact) mass is 419 g/mol. The van der Waals surface area contributed by atoms with Crippen LogP contribution >= 0.6 is 23.2 Å². The molecule has 0 saturated carbocycles. The summed E-state index contributed by atoms with van der Waals surface area (Å²) in [6.45, 7) is 2.03. The van der Waals surface area contributed by atoms with Crippen LogP contribution in [0.1, 0.15) is 35.2 Å². The molecule has 1 heterocycles. The Hall–Kier alpha value is -2.50. The van der Waals surface area contributed by atoms with E-state index in [9.17, 15) is 14.7 Å². The zero-order chi connectivity index (χ0) is 20.4. The minimum Gasteiger partial charge on any atom is -0.478 e. The first-order valence-corrected chi connectivity index (χ1v) is 9.50. The number of anilines is 2. The second-order valence-electron chi connectivity index (χ2n) is 6.43. The van der Waals surface area contributed by atoms with Gasteiger partial charge in [0.2, 0.25) is 0 Å². The highest BCUT2D eigenvalue weighted by atomic mass is 35.5. The SMILES string of the molecule is CCC1C(C=CC(=O)OC)c2ccc(C(=O)O)cc2N1c1ccc(Cl)cc1Cl. The summed E-state index contributed by atoms with van der Waals surface area (Å²) in [6, 6.07) is 10.2. The lowest BCUT2D eigenvalue weighted by molar-refractivity contribution is -0.134. The highest BCUT2D eigenvalue weighted by Crippen LogP contribution is 2.49. The fourth-order valence-electron chi connectivity index (χ4n) is 3.62. The normalized spacial score (nSPS) is 18.4. The first-order valence-electron chi connectivity index (χ1n) is 8.75. The molecule has 28 heavy (non-hydrogen) atoms. The standard InChI is InChI=1S/C21H19Cl2NO4/c1-3-17-14(7-9-20(25)28-2)15-6-4-12(21(26)27)10-19(15)24(17)18-8-5-13(22)11-16(18)23/h4-11,14,17H,3H2,1-2H3,(H,26,27). The Bertz CT molecular complexity index is 957. The van der Waals surface area contributed by atoms with E-state index in [4.69, 9.17) is 27.9 Å². The number of esters is 1. The molecule has 2 atom stereocenters. The molecule has 0 spiro atoms. The predicted molar refractivity (Wildman–Crippen MR) is 110 cm³/mol. The summed E-state index contributed by atoms with van der Waals surface area (Å²) in [5, 5.41) is 10.4. The third kappa shape index (κ3) is 3.73. The zero-order valence-corrected chi connectivity index (χ0v) is 16.9. The summed E-state index contributed by atoms with van der Waals surface area (Å²) < 4.78 is 4.71. The lowest BCUT2D eigenvalue weighted by Crippen LogP contribution is -2.29. The van der Waals surface area contributed by atoms with Gasteiger partial charge in [-0.2, -0.15) is 0 Å². The number of hydrogen-bond acceptors (Lipinski definition) is 4. The highest BCUT2D eigenvalue weighted by Gasteiger charge is 2.38. The molecule has 2 unspecified atom stereocenters. The van der Waals surface area contributed by atoms with Crippen LogP contribution in [0, 0.1) is 0 Å². The lowest BCUT2D eigenvalue weighted by Gasteiger charge is -2.30. The molecule has 0 radical (unpaired) electrons. The van der Waals surface area contributed by atoms with Gasteiger partial charge in [0.1, 0.15) is 0 Å². The van der Waals surface area contributed by atoms with Gasteiger partial charge >= 0.3 is 11.9 Å². The molecule has 0 aromatic heterocycles. The average molecular weight is 420 g/mol. The van der Waals surface area contributed by atoms with Gasteiger partial charge in [0, 0.05) is 28.7 Å². The molecule has 0 bridgehead atoms. The molecule has 1 N–H and O–H groups in total. The van der Waals surface area contributed by atoms with Crippen molar-refractivity contribution >= 4 is 46.5 Å². The Morgan fingerprint density at radius 3 is 2.54 bits per heavy atom. The molecular weight excluding hydrogens is 401 g/mol. The quantitative estimate of drug-likeness (QED) is 0.516. The van der Waals surface area contributed by atoms with Crippen molar-refractivity contribution in [3.05, 3.63) is 69.7 Å². The number of carboxylic acids is 1. The molecule has 1 aliphatic rings. The van der Waals surface area contributed by atoms with Crippen LogP contribution in [0.25, 0.3) is 0 Å². The molecule has 0 fully saturated rings. The van der Waals surface area contributed by atoms with Crippen molar-refractivity contribution in [3.8, 4) is 0 Å². The largest absolute Gasteiger partial charge is 0.478 e. The van der Waals surface area contributed by atoms with E-state index in [1.165, 1.54) is 13.2 Å². The summed E-state index contributed by atoms with van der Waals surface area (Å²) in [6.07, 6.45) is 3.94. The van der Waals surface area contributed by atoms with Crippen molar-refractivity contribution in [1.82, 2.24) is 0 Å². The molecule has 1 aliphatic heterocycles. The van der Waals surface area contributed by atoms with Gasteiger partial charge in [0.15, 0.2) is 0 Å². The van der Waals surface area contributed by atoms with E-state index < -0.39 is 11.9 Å². The van der Waals surface area contributed by atoms with Crippen LogP contribution in [-0.4, -0.2) is 30.2 Å². The number of carbonyl (C=O) groups is 2. The van der Waals surface area contributed by atoms with Gasteiger partial charge in [0.25, 0.3) is 0 Å². The van der Waals surface area contributed by atoms with Crippen LogP contribution in [0.5, 0.6) is 0 Å². The van der Waals surface area contributed by atoms with Crippen molar-refractivity contribution < 1.29 is 19.4 Å². The minimum atomic E-state index is -1.01. The van der Waals surface area contributed by atoms with Crippen molar-refractivity contribution in [1.29, 1.82) is 0 Å². The molecule has 0 amide bonds. The van der Waals surface area contributed by atoms with Crippen molar-refractivity contribution in [2.45, 2.75) is 25.3 Å². The number of nitrogens with zero attached hydrogens (tertiary/aromatic N) is 1. The molecule has 7 heteroatoms. The number of rotatable bonds is 5. The number of carbonyl (C=O) groups excluding carboxylic acids is 1. The topological polar surface area (TPSA) is 66.8 Å². The second-order valence-corrected chi connectivity index (χ2v) is 7.27. The third-order valence-electron chi connectivity index (χ3n) is 4.87. The third-order valence-corrected chi connectivity index (χ3v) is 5.41. The molecule has 2 aromatic rings. The fourth-order valence-corrected chi connectivity index (χ4v) is 4.12. The zero-order valence-electron chi connectivity index (χ0n) is 15.4. The molecule has 0 aliphatic carbocycles. The molecule has 2 aromatic carbocycles. The molecular formula is C21H19Cl2NO4. The number of halogens is 2. The molecule has 3 rings (SSSR count). The van der Waals surface area contributed by atoms with Gasteiger partial charge < -0.3 is 14.7 Å². The van der Waals surface area contributed by atoms with E-state index in [0.717, 1.165) is 23.4 Å². The summed E-state index contributed by atoms with van der Waals surface area (Å²) in [5.74, 6) is -1.58. The Kier molecular flexibility index (Phi) is 5.96. The summed E-state index contributed by atoms with van der Waals surface area (Å²) in [7, 11) is 1.32. The number of benzene rings is 2. The summed E-state index contributed by atoms with van der Waals surface area (Å²) in [4.78, 5) is 25.2. The van der Waals surface area contributed by atoms with Gasteiger partial charge in [-0.25, -0.2) is 9.59 Å². The van der Waals surface area contributed by atoms with E-state index in [1.54, 1.807) is 36.4 Å². The number of carboxylic acid groups (broad SMARTS) is 1. The minimum absolute atomic E-state index is 0.0568. The predicted octanol–water partition coefficient (Wildman–Crippen LogP) is 5.43. The maximum Gasteiger partial charge on any atom is 0.335 e. The van der Waals surface area contributed by atoms with Crippen LogP contribution in [0.2, 0.25) is 10.0 Å². The lowest BCUT2D eigenvalue weighted by atomic mass is 9.92. The van der Waals surface area contributed by atoms with E-state index in [0.29, 0.717) is 10.0 Å². The van der Waals surface area contributed by atoms with Gasteiger partial charge in [-0.05, 0) is 42.3 Å². The maximum atomic E-state index is 11.6. The number of methoxy groups -OCH3 is 1. The van der Waals surface area contributed by atoms with Crippen LogP contribution in [0.3, 0.4) is 0 Å².